The van der Waals surface area contributed by atoms with Crippen molar-refractivity contribution in [1.29, 1.82) is 0 Å². The van der Waals surface area contributed by atoms with Gasteiger partial charge in [0.05, 0.1) is 31.9 Å². The molecule has 0 unspecified atom stereocenters. The molecule has 4 heterocycles. The van der Waals surface area contributed by atoms with Gasteiger partial charge in [-0.3, -0.25) is 9.20 Å². The van der Waals surface area contributed by atoms with Crippen molar-refractivity contribution in [1.82, 2.24) is 13.7 Å². The smallest absolute Gasteiger partial charge is 0.259 e. The fourth-order valence-electron chi connectivity index (χ4n) is 3.88. The van der Waals surface area contributed by atoms with Crippen LogP contribution in [0.15, 0.2) is 68.3 Å². The molecule has 7 nitrogen and oxygen atoms in total. The van der Waals surface area contributed by atoms with Crippen LogP contribution >= 0.6 is 22.7 Å². The van der Waals surface area contributed by atoms with Crippen molar-refractivity contribution in [2.45, 2.75) is 10.8 Å². The molecule has 0 amide bonds. The maximum absolute atomic E-state index is 12.8. The van der Waals surface area contributed by atoms with Gasteiger partial charge in [-0.1, -0.05) is 36.4 Å². The van der Waals surface area contributed by atoms with E-state index in [1.807, 2.05) is 35.7 Å². The fraction of sp³-hybridized carbons (Fsp3) is 0.238. The first-order chi connectivity index (χ1) is 15.0. The van der Waals surface area contributed by atoms with Gasteiger partial charge in [0.1, 0.15) is 16.4 Å². The average molecular weight is 474 g/mol. The molecule has 0 radical (unpaired) electrons. The van der Waals surface area contributed by atoms with Crippen LogP contribution in [0.1, 0.15) is 5.69 Å². The normalized spacial score (nSPS) is 16.1. The molecule has 0 spiro atoms. The van der Waals surface area contributed by atoms with Crippen molar-refractivity contribution >= 4 is 37.7 Å². The molecule has 1 aliphatic heterocycles. The van der Waals surface area contributed by atoms with E-state index in [-0.39, 0.29) is 5.56 Å². The molecule has 0 saturated carbocycles. The number of fused-ring (bicyclic) bond motifs is 1. The molecule has 3 aromatic heterocycles. The standard InChI is InChI=1S/C21H20N4O3S3/c26-19-13-17(22-21-25(19)18(15-30-21)16-5-2-1-3-6-16)14-23-8-10-24(11-9-23)31(27,28)20-7-4-12-29-20/h1-7,12-13,15H,8-11,14H2/p+1. The molecule has 31 heavy (non-hydrogen) atoms. The van der Waals surface area contributed by atoms with Gasteiger partial charge in [0.2, 0.25) is 0 Å². The highest BCUT2D eigenvalue weighted by molar-refractivity contribution is 7.91. The molecule has 4 aromatic rings. The summed E-state index contributed by atoms with van der Waals surface area (Å²) in [6, 6.07) is 14.8. The molecule has 0 bridgehead atoms. The summed E-state index contributed by atoms with van der Waals surface area (Å²) in [6.07, 6.45) is 0. The van der Waals surface area contributed by atoms with Crippen LogP contribution in [-0.2, 0) is 16.6 Å². The number of piperazine rings is 1. The number of nitrogens with zero attached hydrogens (tertiary/aromatic N) is 3. The highest BCUT2D eigenvalue weighted by Gasteiger charge is 2.31. The maximum atomic E-state index is 12.8. The summed E-state index contributed by atoms with van der Waals surface area (Å²) in [5, 5.41) is 3.74. The molecule has 0 atom stereocenters. The summed E-state index contributed by atoms with van der Waals surface area (Å²) < 4.78 is 29.0. The number of aromatic nitrogens is 2. The molecule has 1 aliphatic rings. The quantitative estimate of drug-likeness (QED) is 0.478. The van der Waals surface area contributed by atoms with Crippen LogP contribution in [0.25, 0.3) is 16.2 Å². The van der Waals surface area contributed by atoms with Crippen molar-refractivity contribution in [3.05, 3.63) is 75.3 Å². The van der Waals surface area contributed by atoms with Gasteiger partial charge in [0, 0.05) is 11.4 Å². The van der Waals surface area contributed by atoms with Crippen LogP contribution in [0.2, 0.25) is 0 Å². The summed E-state index contributed by atoms with van der Waals surface area (Å²) in [5.41, 5.74) is 2.50. The third-order valence-corrected chi connectivity index (χ3v) is 9.57. The van der Waals surface area contributed by atoms with Gasteiger partial charge in [-0.2, -0.15) is 4.31 Å². The van der Waals surface area contributed by atoms with Crippen molar-refractivity contribution < 1.29 is 13.3 Å². The fourth-order valence-corrected chi connectivity index (χ4v) is 7.39. The van der Waals surface area contributed by atoms with Crippen LogP contribution < -0.4 is 10.5 Å². The monoisotopic (exact) mass is 473 g/mol. The minimum atomic E-state index is -3.40. The Labute approximate surface area is 187 Å². The van der Waals surface area contributed by atoms with Gasteiger partial charge < -0.3 is 4.90 Å². The van der Waals surface area contributed by atoms with Crippen LogP contribution in [0.4, 0.5) is 0 Å². The van der Waals surface area contributed by atoms with E-state index in [9.17, 15) is 13.2 Å². The van der Waals surface area contributed by atoms with E-state index >= 15 is 0 Å². The second-order valence-corrected chi connectivity index (χ2v) is 11.4. The number of quaternary nitrogens is 1. The first-order valence-corrected chi connectivity index (χ1v) is 13.1. The lowest BCUT2D eigenvalue weighted by atomic mass is 10.2. The molecule has 160 valence electrons. The zero-order chi connectivity index (χ0) is 21.4. The van der Waals surface area contributed by atoms with E-state index in [1.54, 1.807) is 32.3 Å². The highest BCUT2D eigenvalue weighted by Crippen LogP contribution is 2.24. The third kappa shape index (κ3) is 3.97. The van der Waals surface area contributed by atoms with Crippen molar-refractivity contribution in [2.24, 2.45) is 0 Å². The number of nitrogens with one attached hydrogen (secondary N) is 1. The van der Waals surface area contributed by atoms with E-state index in [0.717, 1.165) is 17.0 Å². The summed E-state index contributed by atoms with van der Waals surface area (Å²) in [7, 11) is -3.40. The number of rotatable bonds is 5. The van der Waals surface area contributed by atoms with Crippen molar-refractivity contribution in [3.8, 4) is 11.3 Å². The zero-order valence-corrected chi connectivity index (χ0v) is 19.0. The molecule has 0 aliphatic carbocycles. The van der Waals surface area contributed by atoms with Gasteiger partial charge >= 0.3 is 0 Å². The summed E-state index contributed by atoms with van der Waals surface area (Å²) in [4.78, 5) is 19.5. The van der Waals surface area contributed by atoms with E-state index in [0.29, 0.717) is 41.9 Å². The van der Waals surface area contributed by atoms with E-state index in [2.05, 4.69) is 0 Å². The molecule has 1 N–H and O–H groups in total. The largest absolute Gasteiger partial charge is 0.328 e. The van der Waals surface area contributed by atoms with Gasteiger partial charge in [0.15, 0.2) is 4.96 Å². The minimum absolute atomic E-state index is 0.0848. The van der Waals surface area contributed by atoms with E-state index in [4.69, 9.17) is 4.98 Å². The Morgan fingerprint density at radius 1 is 1.03 bits per heavy atom. The Kier molecular flexibility index (Phi) is 5.49. The second-order valence-electron chi connectivity index (χ2n) is 7.45. The van der Waals surface area contributed by atoms with Crippen molar-refractivity contribution in [2.75, 3.05) is 26.2 Å². The predicted molar refractivity (Wildman–Crippen MR) is 122 cm³/mol. The van der Waals surface area contributed by atoms with Crippen LogP contribution in [0.3, 0.4) is 0 Å². The number of sulfonamides is 1. The topological polar surface area (TPSA) is 76.2 Å². The number of hydrogen-bond donors (Lipinski definition) is 1. The maximum Gasteiger partial charge on any atom is 0.259 e. The molecule has 1 aromatic carbocycles. The lowest BCUT2D eigenvalue weighted by molar-refractivity contribution is -0.917. The van der Waals surface area contributed by atoms with Gasteiger partial charge in [-0.05, 0) is 17.0 Å². The molecule has 10 heteroatoms. The Balaban J connectivity index is 1.31. The first kappa shape index (κ1) is 20.5. The Morgan fingerprint density at radius 3 is 2.52 bits per heavy atom. The number of hydrogen-bond acceptors (Lipinski definition) is 6. The first-order valence-electron chi connectivity index (χ1n) is 9.95. The van der Waals surface area contributed by atoms with Crippen LogP contribution in [-0.4, -0.2) is 48.3 Å². The summed E-state index contributed by atoms with van der Waals surface area (Å²) in [5.74, 6) is 0. The third-order valence-electron chi connectivity index (χ3n) is 5.48. The Morgan fingerprint density at radius 2 is 1.81 bits per heavy atom. The van der Waals surface area contributed by atoms with Crippen molar-refractivity contribution in [3.63, 3.8) is 0 Å². The summed E-state index contributed by atoms with van der Waals surface area (Å²) in [6.45, 7) is 2.91. The molecule has 1 fully saturated rings. The van der Waals surface area contributed by atoms with Crippen LogP contribution in [0, 0.1) is 0 Å². The SMILES string of the molecule is O=c1cc(C[NH+]2CCN(S(=O)(=O)c3cccs3)CC2)nc2scc(-c3ccccc3)n12. The van der Waals surface area contributed by atoms with Gasteiger partial charge in [-0.15, -0.1) is 22.7 Å². The van der Waals surface area contributed by atoms with E-state index in [1.165, 1.54) is 27.6 Å². The Hall–Kier alpha value is -2.37. The zero-order valence-electron chi connectivity index (χ0n) is 16.6. The lowest BCUT2D eigenvalue weighted by Gasteiger charge is -2.30. The second kappa shape index (κ2) is 8.29. The molecular weight excluding hydrogens is 452 g/mol. The molecule has 5 rings (SSSR count). The highest BCUT2D eigenvalue weighted by atomic mass is 32.2. The lowest BCUT2D eigenvalue weighted by Crippen LogP contribution is -3.13. The molecular formula is C21H21N4O3S3+. The number of thiazole rings is 1. The minimum Gasteiger partial charge on any atom is -0.328 e. The van der Waals surface area contributed by atoms with Gasteiger partial charge in [0.25, 0.3) is 15.6 Å². The van der Waals surface area contributed by atoms with Gasteiger partial charge in [-0.25, -0.2) is 13.4 Å². The number of thiophene rings is 1. The molecule has 1 saturated heterocycles. The predicted octanol–water partition coefficient (Wildman–Crippen LogP) is 1.57. The van der Waals surface area contributed by atoms with Crippen LogP contribution in [0.5, 0.6) is 0 Å². The Bertz CT molecular complexity index is 1350. The average Bonchev–Trinajstić information content (AvgIpc) is 3.46. The summed E-state index contributed by atoms with van der Waals surface area (Å²) >= 11 is 2.71. The van der Waals surface area contributed by atoms with E-state index < -0.39 is 10.0 Å². The number of benzene rings is 1.